The summed E-state index contributed by atoms with van der Waals surface area (Å²) in [6, 6.07) is 10.4. The predicted molar refractivity (Wildman–Crippen MR) is 61.7 cm³/mol. The highest BCUT2D eigenvalue weighted by atomic mass is 35.5. The molecule has 2 aromatic rings. The lowest BCUT2D eigenvalue weighted by molar-refractivity contribution is 0.293. The summed E-state index contributed by atoms with van der Waals surface area (Å²) in [5.41, 5.74) is 1.13. The van der Waals surface area contributed by atoms with Crippen LogP contribution < -0.4 is 4.74 Å². The summed E-state index contributed by atoms with van der Waals surface area (Å²) in [5.74, 6) is 0. The average molecular weight is 238 g/mol. The molecule has 0 bridgehead atoms. The number of benzene rings is 1. The molecule has 1 aromatic heterocycles. The molecule has 0 saturated carbocycles. The van der Waals surface area contributed by atoms with E-state index in [0.29, 0.717) is 19.2 Å². The van der Waals surface area contributed by atoms with Gasteiger partial charge < -0.3 is 4.74 Å². The molecule has 0 atom stereocenters. The first kappa shape index (κ1) is 11.0. The zero-order valence-corrected chi connectivity index (χ0v) is 9.68. The topological polar surface area (TPSA) is 39.9 Å². The Morgan fingerprint density at radius 3 is 2.75 bits per heavy atom. The van der Waals surface area contributed by atoms with E-state index in [9.17, 15) is 0 Å². The Morgan fingerprint density at radius 1 is 1.31 bits per heavy atom. The maximum atomic E-state index is 5.74. The Balaban J connectivity index is 2.20. The molecule has 1 heterocycles. The molecule has 2 rings (SSSR count). The Hall–Kier alpha value is -1.55. The number of aromatic nitrogens is 3. The summed E-state index contributed by atoms with van der Waals surface area (Å²) in [6.07, 6.45) is 0. The lowest BCUT2D eigenvalue weighted by Crippen LogP contribution is -2.06. The first-order valence-corrected chi connectivity index (χ1v) is 5.44. The van der Waals surface area contributed by atoms with E-state index in [1.807, 2.05) is 37.3 Å². The van der Waals surface area contributed by atoms with Crippen LogP contribution in [0, 0.1) is 0 Å². The fraction of sp³-hybridized carbons (Fsp3) is 0.273. The van der Waals surface area contributed by atoms with Gasteiger partial charge >= 0.3 is 6.01 Å². The molecule has 0 aliphatic rings. The zero-order chi connectivity index (χ0) is 11.4. The van der Waals surface area contributed by atoms with Crippen molar-refractivity contribution in [1.29, 1.82) is 0 Å². The first-order valence-electron chi connectivity index (χ1n) is 5.06. The van der Waals surface area contributed by atoms with Gasteiger partial charge in [0, 0.05) is 0 Å². The van der Waals surface area contributed by atoms with Gasteiger partial charge in [-0.15, -0.1) is 5.10 Å². The second kappa shape index (κ2) is 4.99. The highest BCUT2D eigenvalue weighted by Crippen LogP contribution is 2.13. The van der Waals surface area contributed by atoms with Crippen molar-refractivity contribution in [2.75, 3.05) is 6.61 Å². The molecule has 0 N–H and O–H groups in total. The van der Waals surface area contributed by atoms with Crippen molar-refractivity contribution in [3.63, 3.8) is 0 Å². The smallest absolute Gasteiger partial charge is 0.316 e. The summed E-state index contributed by atoms with van der Waals surface area (Å²) in [7, 11) is 0. The fourth-order valence-electron chi connectivity index (χ4n) is 1.40. The summed E-state index contributed by atoms with van der Waals surface area (Å²) < 4.78 is 6.99. The number of hydrogen-bond acceptors (Lipinski definition) is 3. The zero-order valence-electron chi connectivity index (χ0n) is 8.93. The van der Waals surface area contributed by atoms with Crippen LogP contribution in [-0.2, 0) is 6.54 Å². The van der Waals surface area contributed by atoms with Crippen LogP contribution in [0.15, 0.2) is 30.3 Å². The molecule has 4 nitrogen and oxygen atoms in total. The Morgan fingerprint density at radius 2 is 2.06 bits per heavy atom. The molecule has 0 radical (unpaired) electrons. The molecule has 0 aliphatic carbocycles. The van der Waals surface area contributed by atoms with E-state index < -0.39 is 0 Å². The number of hydrogen-bond donors (Lipinski definition) is 0. The molecule has 84 valence electrons. The first-order chi connectivity index (χ1) is 7.79. The summed E-state index contributed by atoms with van der Waals surface area (Å²) in [4.78, 5) is 3.99. The van der Waals surface area contributed by atoms with Gasteiger partial charge in [-0.1, -0.05) is 30.3 Å². The third-order valence-electron chi connectivity index (χ3n) is 2.06. The minimum absolute atomic E-state index is 0.208. The van der Waals surface area contributed by atoms with Gasteiger partial charge in [0.05, 0.1) is 13.2 Å². The van der Waals surface area contributed by atoms with E-state index in [-0.39, 0.29) is 5.28 Å². The van der Waals surface area contributed by atoms with Gasteiger partial charge in [0.25, 0.3) is 0 Å². The van der Waals surface area contributed by atoms with Crippen LogP contribution in [0.1, 0.15) is 12.5 Å². The molecule has 0 amide bonds. The molecule has 0 spiro atoms. The van der Waals surface area contributed by atoms with Gasteiger partial charge in [-0.05, 0) is 24.1 Å². The summed E-state index contributed by atoms with van der Waals surface area (Å²) >= 11 is 5.74. The van der Waals surface area contributed by atoms with Crippen LogP contribution >= 0.6 is 11.6 Å². The minimum Gasteiger partial charge on any atom is -0.464 e. The highest BCUT2D eigenvalue weighted by molar-refractivity contribution is 6.28. The molecule has 0 unspecified atom stereocenters. The van der Waals surface area contributed by atoms with E-state index in [1.165, 1.54) is 0 Å². The van der Waals surface area contributed by atoms with E-state index in [0.717, 1.165) is 5.56 Å². The van der Waals surface area contributed by atoms with Gasteiger partial charge in [0.2, 0.25) is 5.28 Å². The highest BCUT2D eigenvalue weighted by Gasteiger charge is 2.09. The van der Waals surface area contributed by atoms with Crippen molar-refractivity contribution in [2.24, 2.45) is 0 Å². The van der Waals surface area contributed by atoms with Crippen LogP contribution in [0.2, 0.25) is 5.28 Å². The Labute approximate surface area is 98.8 Å². The van der Waals surface area contributed by atoms with Gasteiger partial charge in [0.15, 0.2) is 0 Å². The van der Waals surface area contributed by atoms with Crippen molar-refractivity contribution in [3.05, 3.63) is 41.2 Å². The van der Waals surface area contributed by atoms with Crippen molar-refractivity contribution in [1.82, 2.24) is 14.8 Å². The monoisotopic (exact) mass is 237 g/mol. The predicted octanol–water partition coefficient (Wildman–Crippen LogP) is 2.38. The number of ether oxygens (including phenoxy) is 1. The van der Waals surface area contributed by atoms with Crippen LogP contribution in [0.5, 0.6) is 6.01 Å². The van der Waals surface area contributed by atoms with Crippen LogP contribution in [0.4, 0.5) is 0 Å². The summed E-state index contributed by atoms with van der Waals surface area (Å²) in [6.45, 7) is 3.05. The Bertz CT molecular complexity index is 456. The molecule has 16 heavy (non-hydrogen) atoms. The molecular weight excluding hydrogens is 226 g/mol. The summed E-state index contributed by atoms with van der Waals surface area (Å²) in [5, 5.41) is 4.28. The fourth-order valence-corrected chi connectivity index (χ4v) is 1.56. The Kier molecular flexibility index (Phi) is 3.41. The molecule has 5 heteroatoms. The third kappa shape index (κ3) is 2.52. The number of halogens is 1. The number of rotatable bonds is 4. The second-order valence-corrected chi connectivity index (χ2v) is 3.58. The molecule has 1 aromatic carbocycles. The van der Waals surface area contributed by atoms with Gasteiger partial charge in [-0.25, -0.2) is 4.68 Å². The average Bonchev–Trinajstić information content (AvgIpc) is 2.61. The molecule has 0 fully saturated rings. The molecule has 0 saturated heterocycles. The van der Waals surface area contributed by atoms with E-state index >= 15 is 0 Å². The van der Waals surface area contributed by atoms with Crippen molar-refractivity contribution >= 4 is 11.6 Å². The molecule has 0 aliphatic heterocycles. The van der Waals surface area contributed by atoms with Gasteiger partial charge in [-0.3, -0.25) is 0 Å². The maximum absolute atomic E-state index is 5.74. The van der Waals surface area contributed by atoms with Crippen LogP contribution in [-0.4, -0.2) is 21.4 Å². The van der Waals surface area contributed by atoms with E-state index in [4.69, 9.17) is 16.3 Å². The van der Waals surface area contributed by atoms with Gasteiger partial charge in [-0.2, -0.15) is 4.98 Å². The minimum atomic E-state index is 0.208. The maximum Gasteiger partial charge on any atom is 0.316 e. The standard InChI is InChI=1S/C11H12ClN3O/c1-2-16-11-13-10(12)14-15(11)8-9-6-4-3-5-7-9/h3-7H,2,8H2,1H3. The molecular formula is C11H12ClN3O. The van der Waals surface area contributed by atoms with Gasteiger partial charge in [0.1, 0.15) is 0 Å². The third-order valence-corrected chi connectivity index (χ3v) is 2.22. The van der Waals surface area contributed by atoms with Crippen LogP contribution in [0.3, 0.4) is 0 Å². The lowest BCUT2D eigenvalue weighted by Gasteiger charge is -2.05. The van der Waals surface area contributed by atoms with Crippen LogP contribution in [0.25, 0.3) is 0 Å². The van der Waals surface area contributed by atoms with E-state index in [1.54, 1.807) is 4.68 Å². The van der Waals surface area contributed by atoms with Crippen molar-refractivity contribution in [3.8, 4) is 6.01 Å². The normalized spacial score (nSPS) is 10.4. The quantitative estimate of drug-likeness (QED) is 0.820. The van der Waals surface area contributed by atoms with Crippen molar-refractivity contribution < 1.29 is 4.74 Å². The van der Waals surface area contributed by atoms with E-state index in [2.05, 4.69) is 10.1 Å². The van der Waals surface area contributed by atoms with Crippen molar-refractivity contribution in [2.45, 2.75) is 13.5 Å². The lowest BCUT2D eigenvalue weighted by atomic mass is 10.2. The number of nitrogens with zero attached hydrogens (tertiary/aromatic N) is 3. The second-order valence-electron chi connectivity index (χ2n) is 3.24. The largest absolute Gasteiger partial charge is 0.464 e. The SMILES string of the molecule is CCOc1nc(Cl)nn1Cc1ccccc1.